The smallest absolute Gasteiger partial charge is 0.343 e. The molecule has 10 heteroatoms. The van der Waals surface area contributed by atoms with E-state index in [0.717, 1.165) is 20.9 Å². The van der Waals surface area contributed by atoms with Crippen LogP contribution in [0.4, 0.5) is 0 Å². The maximum absolute atomic E-state index is 13.6. The number of hydrazine groups is 1. The summed E-state index contributed by atoms with van der Waals surface area (Å²) in [5, 5.41) is 2.23. The number of nitrogens with zero attached hydrogens (tertiary/aromatic N) is 2. The minimum atomic E-state index is -0.663. The Kier molecular flexibility index (Phi) is 8.37. The molecule has 0 unspecified atom stereocenters. The summed E-state index contributed by atoms with van der Waals surface area (Å²) >= 11 is 9.30. The maximum atomic E-state index is 13.6. The van der Waals surface area contributed by atoms with E-state index in [1.54, 1.807) is 24.3 Å². The SMILES string of the molecule is C[C@@H]1CC[C@@H]2C(=O)N(N(CC(=O)c3ccc(OC(=O)c4ccc(Br)cc4)cc3)C(=O)c3ccc(Cl)cc3)C(=O)[C@H]2C1. The molecular formula is C31H26BrClN2O6. The molecule has 1 aliphatic heterocycles. The number of Topliss-reactive ketones (excluding diaryl/α,β-unsaturated/α-hetero) is 1. The van der Waals surface area contributed by atoms with E-state index in [0.29, 0.717) is 23.4 Å². The Morgan fingerprint density at radius 1 is 0.854 bits per heavy atom. The Morgan fingerprint density at radius 3 is 2.10 bits per heavy atom. The van der Waals surface area contributed by atoms with Crippen LogP contribution in [0.25, 0.3) is 0 Å². The molecule has 1 aliphatic carbocycles. The van der Waals surface area contributed by atoms with Crippen molar-refractivity contribution in [3.63, 3.8) is 0 Å². The van der Waals surface area contributed by atoms with Gasteiger partial charge in [-0.05, 0) is 98.0 Å². The van der Waals surface area contributed by atoms with E-state index in [4.69, 9.17) is 16.3 Å². The van der Waals surface area contributed by atoms with Crippen molar-refractivity contribution in [2.75, 3.05) is 6.54 Å². The number of halogens is 2. The van der Waals surface area contributed by atoms with Crippen LogP contribution in [0.3, 0.4) is 0 Å². The number of esters is 1. The van der Waals surface area contributed by atoms with Gasteiger partial charge in [0.15, 0.2) is 5.78 Å². The molecule has 0 spiro atoms. The normalized spacial score (nSPS) is 20.0. The molecule has 5 rings (SSSR count). The minimum Gasteiger partial charge on any atom is -0.423 e. The lowest BCUT2D eigenvalue weighted by atomic mass is 9.76. The molecule has 3 aromatic rings. The number of ketones is 1. The number of rotatable bonds is 7. The molecule has 3 aromatic carbocycles. The molecule has 210 valence electrons. The van der Waals surface area contributed by atoms with Gasteiger partial charge in [-0.25, -0.2) is 9.80 Å². The number of benzene rings is 3. The first-order chi connectivity index (χ1) is 19.6. The molecule has 0 N–H and O–H groups in total. The summed E-state index contributed by atoms with van der Waals surface area (Å²) in [7, 11) is 0. The second-order valence-electron chi connectivity index (χ2n) is 10.3. The molecule has 1 saturated carbocycles. The fourth-order valence-corrected chi connectivity index (χ4v) is 5.66. The van der Waals surface area contributed by atoms with Gasteiger partial charge in [-0.1, -0.05) is 34.5 Å². The lowest BCUT2D eigenvalue weighted by Gasteiger charge is -2.30. The van der Waals surface area contributed by atoms with Gasteiger partial charge in [0, 0.05) is 20.6 Å². The van der Waals surface area contributed by atoms with E-state index in [9.17, 15) is 24.0 Å². The molecule has 0 aromatic heterocycles. The third-order valence-electron chi connectivity index (χ3n) is 7.49. The highest BCUT2D eigenvalue weighted by Gasteiger charge is 2.52. The number of imide groups is 1. The zero-order valence-electron chi connectivity index (χ0n) is 22.1. The van der Waals surface area contributed by atoms with Crippen LogP contribution in [-0.2, 0) is 9.59 Å². The van der Waals surface area contributed by atoms with Gasteiger partial charge in [0.05, 0.1) is 17.4 Å². The van der Waals surface area contributed by atoms with Crippen LogP contribution in [0.1, 0.15) is 57.3 Å². The van der Waals surface area contributed by atoms with E-state index >= 15 is 0 Å². The molecule has 3 amide bonds. The number of ether oxygens (including phenoxy) is 1. The molecule has 2 aliphatic rings. The summed E-state index contributed by atoms with van der Waals surface area (Å²) in [5.41, 5.74) is 0.758. The fraction of sp³-hybridized carbons (Fsp3) is 0.258. The Balaban J connectivity index is 1.37. The Bertz CT molecular complexity index is 1510. The minimum absolute atomic E-state index is 0.182. The van der Waals surface area contributed by atoms with Crippen molar-refractivity contribution in [2.45, 2.75) is 26.2 Å². The predicted molar refractivity (Wildman–Crippen MR) is 154 cm³/mol. The monoisotopic (exact) mass is 636 g/mol. The summed E-state index contributed by atoms with van der Waals surface area (Å²) in [5.74, 6) is -3.15. The van der Waals surface area contributed by atoms with Gasteiger partial charge in [-0.2, -0.15) is 5.01 Å². The van der Waals surface area contributed by atoms with Gasteiger partial charge in [0.2, 0.25) is 0 Å². The third-order valence-corrected chi connectivity index (χ3v) is 8.27. The third kappa shape index (κ3) is 6.11. The van der Waals surface area contributed by atoms with E-state index in [1.807, 2.05) is 6.92 Å². The Hall–Kier alpha value is -3.82. The van der Waals surface area contributed by atoms with Crippen LogP contribution in [0.2, 0.25) is 5.02 Å². The number of amides is 3. The van der Waals surface area contributed by atoms with Crippen molar-refractivity contribution in [1.29, 1.82) is 0 Å². The molecule has 0 radical (unpaired) electrons. The van der Waals surface area contributed by atoms with Gasteiger partial charge in [0.25, 0.3) is 17.7 Å². The number of hydrogen-bond acceptors (Lipinski definition) is 6. The fourth-order valence-electron chi connectivity index (χ4n) is 5.27. The van der Waals surface area contributed by atoms with Crippen molar-refractivity contribution in [3.05, 3.63) is 99.0 Å². The lowest BCUT2D eigenvalue weighted by Crippen LogP contribution is -2.52. The van der Waals surface area contributed by atoms with Crippen LogP contribution < -0.4 is 4.74 Å². The number of hydrogen-bond donors (Lipinski definition) is 0. The van der Waals surface area contributed by atoms with Gasteiger partial charge < -0.3 is 4.74 Å². The van der Waals surface area contributed by atoms with Gasteiger partial charge >= 0.3 is 5.97 Å². The topological polar surface area (TPSA) is 101 Å². The summed E-state index contributed by atoms with van der Waals surface area (Å²) in [4.78, 5) is 66.3. The standard InChI is InChI=1S/C31H26BrClN2O6/c1-18-2-15-25-26(16-18)30(39)35(29(25)38)34(28(37)20-5-11-23(33)12-6-20)17-27(36)19-7-13-24(14-8-19)41-31(40)21-3-9-22(32)10-4-21/h3-14,18,25-26H,2,15-17H2,1H3/t18-,25+,26+/m1/s1. The molecule has 2 fully saturated rings. The highest BCUT2D eigenvalue weighted by Crippen LogP contribution is 2.41. The zero-order chi connectivity index (χ0) is 29.3. The van der Waals surface area contributed by atoms with Crippen molar-refractivity contribution in [3.8, 4) is 5.75 Å². The predicted octanol–water partition coefficient (Wildman–Crippen LogP) is 5.98. The first-order valence-electron chi connectivity index (χ1n) is 13.2. The molecule has 1 heterocycles. The molecule has 1 saturated heterocycles. The summed E-state index contributed by atoms with van der Waals surface area (Å²) in [6, 6.07) is 18.6. The first kappa shape index (κ1) is 28.7. The average molecular weight is 638 g/mol. The van der Waals surface area contributed by atoms with Crippen LogP contribution in [-0.4, -0.2) is 46.0 Å². The van der Waals surface area contributed by atoms with Crippen LogP contribution >= 0.6 is 27.5 Å². The van der Waals surface area contributed by atoms with Gasteiger partial charge in [0.1, 0.15) is 12.3 Å². The highest BCUT2D eigenvalue weighted by atomic mass is 79.9. The molecular weight excluding hydrogens is 612 g/mol. The lowest BCUT2D eigenvalue weighted by molar-refractivity contribution is -0.154. The second kappa shape index (κ2) is 12.0. The van der Waals surface area contributed by atoms with E-state index in [2.05, 4.69) is 15.9 Å². The van der Waals surface area contributed by atoms with Gasteiger partial charge in [-0.3, -0.25) is 19.2 Å². The molecule has 0 bridgehead atoms. The van der Waals surface area contributed by atoms with E-state index in [-0.39, 0.29) is 22.8 Å². The van der Waals surface area contributed by atoms with Gasteiger partial charge in [-0.15, -0.1) is 0 Å². The maximum Gasteiger partial charge on any atom is 0.343 e. The number of fused-ring (bicyclic) bond motifs is 1. The zero-order valence-corrected chi connectivity index (χ0v) is 24.4. The first-order valence-corrected chi connectivity index (χ1v) is 14.4. The summed E-state index contributed by atoms with van der Waals surface area (Å²) in [6.07, 6.45) is 1.93. The van der Waals surface area contributed by atoms with Crippen LogP contribution in [0.5, 0.6) is 5.75 Å². The summed E-state index contributed by atoms with van der Waals surface area (Å²) < 4.78 is 6.22. The molecule has 3 atom stereocenters. The number of carbonyl (C=O) groups excluding carboxylic acids is 5. The number of carbonyl (C=O) groups is 5. The molecule has 41 heavy (non-hydrogen) atoms. The van der Waals surface area contributed by atoms with Crippen LogP contribution in [0, 0.1) is 17.8 Å². The van der Waals surface area contributed by atoms with Crippen LogP contribution in [0.15, 0.2) is 77.3 Å². The summed E-state index contributed by atoms with van der Waals surface area (Å²) in [6.45, 7) is 1.50. The Labute approximate surface area is 250 Å². The van der Waals surface area contributed by atoms with E-state index < -0.39 is 47.9 Å². The Morgan fingerprint density at radius 2 is 1.44 bits per heavy atom. The largest absolute Gasteiger partial charge is 0.423 e. The van der Waals surface area contributed by atoms with Crippen molar-refractivity contribution in [2.24, 2.45) is 17.8 Å². The van der Waals surface area contributed by atoms with Crippen molar-refractivity contribution >= 4 is 57.0 Å². The highest BCUT2D eigenvalue weighted by molar-refractivity contribution is 9.10. The van der Waals surface area contributed by atoms with Crippen molar-refractivity contribution in [1.82, 2.24) is 10.0 Å². The average Bonchev–Trinajstić information content (AvgIpc) is 3.20. The second-order valence-corrected chi connectivity index (χ2v) is 11.7. The molecule has 8 nitrogen and oxygen atoms in total. The quantitative estimate of drug-likeness (QED) is 0.137. The van der Waals surface area contributed by atoms with Crippen molar-refractivity contribution < 1.29 is 28.7 Å². The van der Waals surface area contributed by atoms with E-state index in [1.165, 1.54) is 48.5 Å².